The van der Waals surface area contributed by atoms with Crippen LogP contribution in [-0.2, 0) is 0 Å². The Labute approximate surface area is 115 Å². The molecule has 0 amide bonds. The zero-order valence-electron chi connectivity index (χ0n) is 10.4. The van der Waals surface area contributed by atoms with E-state index in [1.165, 1.54) is 11.8 Å². The molecule has 0 bridgehead atoms. The molecule has 1 aliphatic rings. The molecule has 0 saturated heterocycles. The number of rotatable bonds is 2. The van der Waals surface area contributed by atoms with Gasteiger partial charge in [0.2, 0.25) is 0 Å². The molecule has 2 heterocycles. The molecule has 2 N–H and O–H groups in total. The molecule has 0 fully saturated rings. The second kappa shape index (κ2) is 4.97. The van der Waals surface area contributed by atoms with Gasteiger partial charge in [-0.15, -0.1) is 0 Å². The van der Waals surface area contributed by atoms with Crippen LogP contribution < -0.4 is 15.2 Å². The van der Waals surface area contributed by atoms with Crippen LogP contribution in [0.15, 0.2) is 34.6 Å². The smallest absolute Gasteiger partial charge is 0.192 e. The molecule has 2 aromatic rings. The highest BCUT2D eigenvalue weighted by Crippen LogP contribution is 2.40. The van der Waals surface area contributed by atoms with Crippen molar-refractivity contribution in [2.45, 2.75) is 17.0 Å². The number of anilines is 1. The van der Waals surface area contributed by atoms with Crippen molar-refractivity contribution in [2.24, 2.45) is 0 Å². The SMILES string of the molecule is Cc1cnc(Sc2cc3c(cc2N)OCCO3)nc1. The van der Waals surface area contributed by atoms with Crippen molar-refractivity contribution in [2.75, 3.05) is 18.9 Å². The van der Waals surface area contributed by atoms with Gasteiger partial charge >= 0.3 is 0 Å². The Balaban J connectivity index is 1.90. The van der Waals surface area contributed by atoms with Crippen molar-refractivity contribution in [1.29, 1.82) is 0 Å². The van der Waals surface area contributed by atoms with Gasteiger partial charge in [-0.05, 0) is 24.2 Å². The molecule has 1 aliphatic heterocycles. The lowest BCUT2D eigenvalue weighted by Gasteiger charge is -2.19. The van der Waals surface area contributed by atoms with Crippen molar-refractivity contribution in [3.63, 3.8) is 0 Å². The van der Waals surface area contributed by atoms with Crippen LogP contribution in [0, 0.1) is 6.92 Å². The van der Waals surface area contributed by atoms with Gasteiger partial charge in [0.05, 0.1) is 0 Å². The van der Waals surface area contributed by atoms with E-state index in [1.807, 2.05) is 13.0 Å². The van der Waals surface area contributed by atoms with Gasteiger partial charge in [0.15, 0.2) is 16.7 Å². The van der Waals surface area contributed by atoms with E-state index < -0.39 is 0 Å². The first kappa shape index (κ1) is 12.1. The fourth-order valence-electron chi connectivity index (χ4n) is 1.71. The summed E-state index contributed by atoms with van der Waals surface area (Å²) in [5.41, 5.74) is 7.68. The van der Waals surface area contributed by atoms with Crippen molar-refractivity contribution in [1.82, 2.24) is 9.97 Å². The Bertz CT molecular complexity index is 602. The number of hydrogen-bond donors (Lipinski definition) is 1. The predicted molar refractivity (Wildman–Crippen MR) is 72.7 cm³/mol. The highest BCUT2D eigenvalue weighted by atomic mass is 32.2. The molecule has 98 valence electrons. The van der Waals surface area contributed by atoms with Crippen LogP contribution in [0.3, 0.4) is 0 Å². The maximum absolute atomic E-state index is 6.01. The minimum Gasteiger partial charge on any atom is -0.486 e. The fourth-order valence-corrected chi connectivity index (χ4v) is 2.46. The van der Waals surface area contributed by atoms with Crippen molar-refractivity contribution >= 4 is 17.4 Å². The van der Waals surface area contributed by atoms with Gasteiger partial charge in [-0.2, -0.15) is 0 Å². The van der Waals surface area contributed by atoms with Gasteiger partial charge in [-0.3, -0.25) is 0 Å². The average molecular weight is 275 g/mol. The summed E-state index contributed by atoms with van der Waals surface area (Å²) in [5.74, 6) is 1.41. The molecule has 5 nitrogen and oxygen atoms in total. The number of nitrogens with two attached hydrogens (primary N) is 1. The Kier molecular flexibility index (Phi) is 3.16. The summed E-state index contributed by atoms with van der Waals surface area (Å²) in [7, 11) is 0. The van der Waals surface area contributed by atoms with E-state index in [9.17, 15) is 0 Å². The third-order valence-electron chi connectivity index (χ3n) is 2.63. The largest absolute Gasteiger partial charge is 0.486 e. The van der Waals surface area contributed by atoms with Crippen LogP contribution in [0.2, 0.25) is 0 Å². The molecule has 0 radical (unpaired) electrons. The van der Waals surface area contributed by atoms with Gasteiger partial charge < -0.3 is 15.2 Å². The van der Waals surface area contributed by atoms with Gasteiger partial charge in [0.25, 0.3) is 0 Å². The van der Waals surface area contributed by atoms with Crippen LogP contribution in [0.4, 0.5) is 5.69 Å². The third-order valence-corrected chi connectivity index (χ3v) is 3.60. The molecule has 1 aromatic heterocycles. The Morgan fingerprint density at radius 1 is 1.11 bits per heavy atom. The van der Waals surface area contributed by atoms with Gasteiger partial charge in [-0.1, -0.05) is 0 Å². The summed E-state index contributed by atoms with van der Waals surface area (Å²) in [6.45, 7) is 3.06. The average Bonchev–Trinajstić information content (AvgIpc) is 2.42. The maximum atomic E-state index is 6.01. The van der Waals surface area contributed by atoms with E-state index >= 15 is 0 Å². The fraction of sp³-hybridized carbons (Fsp3) is 0.231. The predicted octanol–water partition coefficient (Wildman–Crippen LogP) is 2.29. The maximum Gasteiger partial charge on any atom is 0.192 e. The van der Waals surface area contributed by atoms with Gasteiger partial charge in [-0.25, -0.2) is 9.97 Å². The monoisotopic (exact) mass is 275 g/mol. The number of ether oxygens (including phenoxy) is 2. The zero-order chi connectivity index (χ0) is 13.2. The highest BCUT2D eigenvalue weighted by molar-refractivity contribution is 7.99. The first-order chi connectivity index (χ1) is 9.22. The Hall–Kier alpha value is -1.95. The van der Waals surface area contributed by atoms with Crippen molar-refractivity contribution < 1.29 is 9.47 Å². The Morgan fingerprint density at radius 2 is 1.74 bits per heavy atom. The Morgan fingerprint density at radius 3 is 2.42 bits per heavy atom. The van der Waals surface area contributed by atoms with Crippen LogP contribution in [-0.4, -0.2) is 23.2 Å². The molecule has 0 atom stereocenters. The summed E-state index contributed by atoms with van der Waals surface area (Å²) >= 11 is 1.41. The lowest BCUT2D eigenvalue weighted by Crippen LogP contribution is -2.15. The minimum absolute atomic E-state index is 0.556. The first-order valence-corrected chi connectivity index (χ1v) is 6.69. The summed E-state index contributed by atoms with van der Waals surface area (Å²) in [6, 6.07) is 3.66. The summed E-state index contributed by atoms with van der Waals surface area (Å²) in [4.78, 5) is 9.37. The number of aromatic nitrogens is 2. The molecule has 0 saturated carbocycles. The van der Waals surface area contributed by atoms with Crippen LogP contribution in [0.25, 0.3) is 0 Å². The van der Waals surface area contributed by atoms with E-state index in [2.05, 4.69) is 9.97 Å². The number of aryl methyl sites for hydroxylation is 1. The number of nitrogens with zero attached hydrogens (tertiary/aromatic N) is 2. The molecule has 0 aliphatic carbocycles. The molecule has 1 aromatic carbocycles. The van der Waals surface area contributed by atoms with E-state index in [1.54, 1.807) is 18.5 Å². The van der Waals surface area contributed by atoms with Crippen LogP contribution in [0.5, 0.6) is 11.5 Å². The second-order valence-corrected chi connectivity index (χ2v) is 5.19. The van der Waals surface area contributed by atoms with E-state index in [0.29, 0.717) is 29.8 Å². The van der Waals surface area contributed by atoms with E-state index in [-0.39, 0.29) is 0 Å². The number of fused-ring (bicyclic) bond motifs is 1. The highest BCUT2D eigenvalue weighted by Gasteiger charge is 2.15. The normalized spacial score (nSPS) is 13.3. The quantitative estimate of drug-likeness (QED) is 0.670. The summed E-state index contributed by atoms with van der Waals surface area (Å²) in [6.07, 6.45) is 3.56. The minimum atomic E-state index is 0.556. The summed E-state index contributed by atoms with van der Waals surface area (Å²) < 4.78 is 11.0. The third kappa shape index (κ3) is 2.58. The zero-order valence-corrected chi connectivity index (χ0v) is 11.2. The molecular formula is C13H13N3O2S. The lowest BCUT2D eigenvalue weighted by atomic mass is 10.2. The van der Waals surface area contributed by atoms with Crippen molar-refractivity contribution in [3.05, 3.63) is 30.1 Å². The molecule has 3 rings (SSSR count). The molecule has 0 spiro atoms. The molecule has 6 heteroatoms. The molecule has 19 heavy (non-hydrogen) atoms. The van der Waals surface area contributed by atoms with Gasteiger partial charge in [0, 0.05) is 35.1 Å². The standard InChI is InChI=1S/C13H13N3O2S/c1-8-6-15-13(16-7-8)19-12-5-11-10(4-9(12)14)17-2-3-18-11/h4-7H,2-3,14H2,1H3. The molecular weight excluding hydrogens is 262 g/mol. The number of hydrogen-bond acceptors (Lipinski definition) is 6. The van der Waals surface area contributed by atoms with Crippen LogP contribution in [0.1, 0.15) is 5.56 Å². The lowest BCUT2D eigenvalue weighted by molar-refractivity contribution is 0.171. The van der Waals surface area contributed by atoms with Crippen LogP contribution >= 0.6 is 11.8 Å². The number of nitrogen functional groups attached to an aromatic ring is 1. The van der Waals surface area contributed by atoms with Gasteiger partial charge in [0.1, 0.15) is 13.2 Å². The first-order valence-electron chi connectivity index (χ1n) is 5.88. The van der Waals surface area contributed by atoms with E-state index in [0.717, 1.165) is 16.2 Å². The summed E-state index contributed by atoms with van der Waals surface area (Å²) in [5, 5.41) is 0.661. The molecule has 0 unspecified atom stereocenters. The van der Waals surface area contributed by atoms with E-state index in [4.69, 9.17) is 15.2 Å². The second-order valence-electron chi connectivity index (χ2n) is 4.18. The number of benzene rings is 1. The topological polar surface area (TPSA) is 70.3 Å². The van der Waals surface area contributed by atoms with Crippen molar-refractivity contribution in [3.8, 4) is 11.5 Å².